The number of aliphatic hydroxyl groups is 1. The summed E-state index contributed by atoms with van der Waals surface area (Å²) in [6.45, 7) is 7.63. The second kappa shape index (κ2) is 6.87. The summed E-state index contributed by atoms with van der Waals surface area (Å²) >= 11 is 1.63. The highest BCUT2D eigenvalue weighted by molar-refractivity contribution is 7.09. The molecular formula is C13H22N2O2S. The first kappa shape index (κ1) is 15.1. The van der Waals surface area contributed by atoms with Gasteiger partial charge in [0.15, 0.2) is 0 Å². The highest BCUT2D eigenvalue weighted by atomic mass is 32.1. The van der Waals surface area contributed by atoms with Crippen LogP contribution >= 0.6 is 11.3 Å². The van der Waals surface area contributed by atoms with Crippen molar-refractivity contribution in [1.82, 2.24) is 10.2 Å². The van der Waals surface area contributed by atoms with Crippen molar-refractivity contribution in [2.75, 3.05) is 19.6 Å². The van der Waals surface area contributed by atoms with E-state index in [4.69, 9.17) is 0 Å². The molecule has 0 aromatic carbocycles. The number of likely N-dealkylation sites (N-methyl/N-ethyl adjacent to an activating group) is 1. The minimum absolute atomic E-state index is 0.00509. The Morgan fingerprint density at radius 3 is 2.78 bits per heavy atom. The molecule has 0 radical (unpaired) electrons. The minimum Gasteiger partial charge on any atom is -0.389 e. The predicted molar refractivity (Wildman–Crippen MR) is 74.6 cm³/mol. The third kappa shape index (κ3) is 6.14. The number of nitrogens with zero attached hydrogens (tertiary/aromatic N) is 1. The Labute approximate surface area is 113 Å². The molecule has 0 atom stereocenters. The summed E-state index contributed by atoms with van der Waals surface area (Å²) in [5.41, 5.74) is -0.774. The van der Waals surface area contributed by atoms with Crippen LogP contribution in [0.5, 0.6) is 0 Å². The molecule has 18 heavy (non-hydrogen) atoms. The van der Waals surface area contributed by atoms with E-state index in [1.165, 1.54) is 0 Å². The van der Waals surface area contributed by atoms with Crippen LogP contribution in [0.15, 0.2) is 17.5 Å². The van der Waals surface area contributed by atoms with Gasteiger partial charge in [-0.25, -0.2) is 0 Å². The molecule has 0 aliphatic heterocycles. The van der Waals surface area contributed by atoms with Gasteiger partial charge in [-0.15, -0.1) is 11.3 Å². The first-order chi connectivity index (χ1) is 8.40. The lowest BCUT2D eigenvalue weighted by atomic mass is 10.1. The van der Waals surface area contributed by atoms with Crippen LogP contribution in [-0.4, -0.2) is 41.1 Å². The van der Waals surface area contributed by atoms with Crippen LogP contribution in [-0.2, 0) is 11.3 Å². The Bertz CT molecular complexity index is 358. The fourth-order valence-corrected chi connectivity index (χ4v) is 2.33. The third-order valence-electron chi connectivity index (χ3n) is 2.46. The van der Waals surface area contributed by atoms with Crippen molar-refractivity contribution < 1.29 is 9.90 Å². The van der Waals surface area contributed by atoms with Gasteiger partial charge in [0.2, 0.25) is 5.91 Å². The van der Waals surface area contributed by atoms with E-state index in [9.17, 15) is 9.90 Å². The Balaban J connectivity index is 2.33. The van der Waals surface area contributed by atoms with Gasteiger partial charge < -0.3 is 10.4 Å². The lowest BCUT2D eigenvalue weighted by Gasteiger charge is -2.27. The van der Waals surface area contributed by atoms with Gasteiger partial charge in [0, 0.05) is 11.4 Å². The summed E-state index contributed by atoms with van der Waals surface area (Å²) < 4.78 is 0. The van der Waals surface area contributed by atoms with Crippen molar-refractivity contribution in [1.29, 1.82) is 0 Å². The maximum absolute atomic E-state index is 11.8. The quantitative estimate of drug-likeness (QED) is 0.788. The van der Waals surface area contributed by atoms with Crippen LogP contribution in [0.2, 0.25) is 0 Å². The predicted octanol–water partition coefficient (Wildman–Crippen LogP) is 1.46. The molecule has 4 nitrogen and oxygen atoms in total. The second-order valence-electron chi connectivity index (χ2n) is 4.97. The van der Waals surface area contributed by atoms with Crippen molar-refractivity contribution in [3.05, 3.63) is 22.4 Å². The highest BCUT2D eigenvalue weighted by Crippen LogP contribution is 2.07. The largest absolute Gasteiger partial charge is 0.389 e. The van der Waals surface area contributed by atoms with Crippen LogP contribution in [0.4, 0.5) is 0 Å². The molecule has 0 fully saturated rings. The smallest absolute Gasteiger partial charge is 0.234 e. The molecule has 1 rings (SSSR count). The summed E-state index contributed by atoms with van der Waals surface area (Å²) in [4.78, 5) is 14.8. The number of hydrogen-bond donors (Lipinski definition) is 2. The zero-order chi connectivity index (χ0) is 13.6. The molecule has 2 N–H and O–H groups in total. The number of rotatable bonds is 7. The van der Waals surface area contributed by atoms with Crippen LogP contribution in [0, 0.1) is 0 Å². The molecule has 1 amide bonds. The molecule has 0 saturated heterocycles. The van der Waals surface area contributed by atoms with E-state index in [1.54, 1.807) is 25.2 Å². The highest BCUT2D eigenvalue weighted by Gasteiger charge is 2.18. The molecular weight excluding hydrogens is 248 g/mol. The molecule has 0 unspecified atom stereocenters. The zero-order valence-corrected chi connectivity index (χ0v) is 12.1. The maximum atomic E-state index is 11.8. The molecule has 0 spiro atoms. The molecule has 1 aromatic rings. The van der Waals surface area contributed by atoms with Crippen molar-refractivity contribution >= 4 is 17.2 Å². The maximum Gasteiger partial charge on any atom is 0.234 e. The lowest BCUT2D eigenvalue weighted by Crippen LogP contribution is -2.43. The van der Waals surface area contributed by atoms with Crippen molar-refractivity contribution in [3.63, 3.8) is 0 Å². The summed E-state index contributed by atoms with van der Waals surface area (Å²) in [5.74, 6) is -0.00509. The van der Waals surface area contributed by atoms with Crippen LogP contribution in [0.25, 0.3) is 0 Å². The Hall–Kier alpha value is -0.910. The molecule has 5 heteroatoms. The number of thiophene rings is 1. The number of carbonyl (C=O) groups is 1. The first-order valence-electron chi connectivity index (χ1n) is 6.14. The monoisotopic (exact) mass is 270 g/mol. The van der Waals surface area contributed by atoms with Gasteiger partial charge in [0.1, 0.15) is 0 Å². The van der Waals surface area contributed by atoms with E-state index in [1.807, 2.05) is 29.3 Å². The fourth-order valence-electron chi connectivity index (χ4n) is 1.68. The standard InChI is InChI=1S/C13H22N2O2S/c1-4-15(10-13(2,3)17)9-12(16)14-8-11-6-5-7-18-11/h5-7,17H,4,8-10H2,1-3H3,(H,14,16). The molecule has 0 bridgehead atoms. The molecule has 1 heterocycles. The zero-order valence-electron chi connectivity index (χ0n) is 11.3. The summed E-state index contributed by atoms with van der Waals surface area (Å²) in [6, 6.07) is 3.97. The topological polar surface area (TPSA) is 52.6 Å². The van der Waals surface area contributed by atoms with Gasteiger partial charge in [-0.1, -0.05) is 13.0 Å². The second-order valence-corrected chi connectivity index (χ2v) is 6.00. The SMILES string of the molecule is CCN(CC(=O)NCc1cccs1)CC(C)(C)O. The number of hydrogen-bond acceptors (Lipinski definition) is 4. The van der Waals surface area contributed by atoms with E-state index in [0.717, 1.165) is 11.4 Å². The van der Waals surface area contributed by atoms with Crippen LogP contribution in [0.1, 0.15) is 25.6 Å². The van der Waals surface area contributed by atoms with Gasteiger partial charge in [-0.05, 0) is 31.8 Å². The van der Waals surface area contributed by atoms with Crippen molar-refractivity contribution in [2.45, 2.75) is 32.9 Å². The van der Waals surface area contributed by atoms with E-state index in [-0.39, 0.29) is 5.91 Å². The van der Waals surface area contributed by atoms with Crippen LogP contribution in [0.3, 0.4) is 0 Å². The van der Waals surface area contributed by atoms with Crippen LogP contribution < -0.4 is 5.32 Å². The van der Waals surface area contributed by atoms with Gasteiger partial charge in [-0.2, -0.15) is 0 Å². The molecule has 0 saturated carbocycles. The number of amides is 1. The molecule has 102 valence electrons. The Morgan fingerprint density at radius 1 is 1.56 bits per heavy atom. The van der Waals surface area contributed by atoms with E-state index >= 15 is 0 Å². The fraction of sp³-hybridized carbons (Fsp3) is 0.615. The Morgan fingerprint density at radius 2 is 2.28 bits per heavy atom. The van der Waals surface area contributed by atoms with E-state index in [0.29, 0.717) is 19.6 Å². The third-order valence-corrected chi connectivity index (χ3v) is 3.34. The van der Waals surface area contributed by atoms with Crippen molar-refractivity contribution in [2.24, 2.45) is 0 Å². The Kier molecular flexibility index (Phi) is 5.78. The van der Waals surface area contributed by atoms with Crippen molar-refractivity contribution in [3.8, 4) is 0 Å². The van der Waals surface area contributed by atoms with Gasteiger partial charge >= 0.3 is 0 Å². The molecule has 0 aliphatic rings. The minimum atomic E-state index is -0.774. The average Bonchev–Trinajstić information content (AvgIpc) is 2.76. The average molecular weight is 270 g/mol. The number of carbonyl (C=O) groups excluding carboxylic acids is 1. The summed E-state index contributed by atoms with van der Waals surface area (Å²) in [7, 11) is 0. The van der Waals surface area contributed by atoms with E-state index in [2.05, 4.69) is 5.32 Å². The molecule has 1 aromatic heterocycles. The van der Waals surface area contributed by atoms with Gasteiger partial charge in [0.05, 0.1) is 18.7 Å². The number of nitrogens with one attached hydrogen (secondary N) is 1. The van der Waals surface area contributed by atoms with Gasteiger partial charge in [0.25, 0.3) is 0 Å². The van der Waals surface area contributed by atoms with Gasteiger partial charge in [-0.3, -0.25) is 9.69 Å². The van der Waals surface area contributed by atoms with E-state index < -0.39 is 5.60 Å². The lowest BCUT2D eigenvalue weighted by molar-refractivity contribution is -0.122. The molecule has 0 aliphatic carbocycles. The summed E-state index contributed by atoms with van der Waals surface area (Å²) in [6.07, 6.45) is 0. The normalized spacial score (nSPS) is 11.8. The summed E-state index contributed by atoms with van der Waals surface area (Å²) in [5, 5.41) is 14.6. The first-order valence-corrected chi connectivity index (χ1v) is 7.02.